The highest BCUT2D eigenvalue weighted by atomic mass is 35.5. The Morgan fingerprint density at radius 2 is 1.70 bits per heavy atom. The summed E-state index contributed by atoms with van der Waals surface area (Å²) in [6, 6.07) is 14.6. The molecule has 9 heteroatoms. The maximum Gasteiger partial charge on any atom is 0.416 e. The van der Waals surface area contributed by atoms with E-state index >= 15 is 0 Å². The van der Waals surface area contributed by atoms with Gasteiger partial charge in [0.1, 0.15) is 11.5 Å². The van der Waals surface area contributed by atoms with Gasteiger partial charge in [0, 0.05) is 10.6 Å². The van der Waals surface area contributed by atoms with Gasteiger partial charge in [-0.1, -0.05) is 29.8 Å². The van der Waals surface area contributed by atoms with Crippen LogP contribution in [0.25, 0.3) is 11.1 Å². The molecule has 0 radical (unpaired) electrons. The van der Waals surface area contributed by atoms with E-state index in [1.807, 2.05) is 0 Å². The molecule has 1 N–H and O–H groups in total. The number of hydrogen-bond acceptors (Lipinski definition) is 3. The minimum Gasteiger partial charge on any atom is -0.457 e. The first kappa shape index (κ1) is 20.6. The number of anilines is 1. The predicted octanol–water partition coefficient (Wildman–Crippen LogP) is 6.12. The van der Waals surface area contributed by atoms with Gasteiger partial charge >= 0.3 is 6.18 Å². The lowest BCUT2D eigenvalue weighted by atomic mass is 9.99. The summed E-state index contributed by atoms with van der Waals surface area (Å²) in [5, 5.41) is 0.481. The third kappa shape index (κ3) is 4.39. The molecule has 3 aromatic rings. The van der Waals surface area contributed by atoms with E-state index in [4.69, 9.17) is 16.3 Å². The summed E-state index contributed by atoms with van der Waals surface area (Å²) < 4.78 is 70.7. The molecule has 0 bridgehead atoms. The second-order valence-electron chi connectivity index (χ2n) is 6.81. The summed E-state index contributed by atoms with van der Waals surface area (Å²) >= 11 is 6.20. The molecule has 1 heterocycles. The maximum absolute atomic E-state index is 12.9. The number of alkyl halides is 3. The summed E-state index contributed by atoms with van der Waals surface area (Å²) in [4.78, 5) is 0. The number of fused-ring (bicyclic) bond motifs is 1. The van der Waals surface area contributed by atoms with E-state index in [0.717, 1.165) is 17.7 Å². The number of aryl methyl sites for hydroxylation is 1. The van der Waals surface area contributed by atoms with E-state index in [9.17, 15) is 21.6 Å². The lowest BCUT2D eigenvalue weighted by Crippen LogP contribution is -2.24. The van der Waals surface area contributed by atoms with Crippen molar-refractivity contribution in [2.45, 2.75) is 12.6 Å². The predicted molar refractivity (Wildman–Crippen MR) is 110 cm³/mol. The van der Waals surface area contributed by atoms with Crippen molar-refractivity contribution in [2.75, 3.05) is 10.5 Å². The number of rotatable bonds is 3. The molecule has 0 aliphatic carbocycles. The van der Waals surface area contributed by atoms with E-state index in [0.29, 0.717) is 34.0 Å². The van der Waals surface area contributed by atoms with Crippen molar-refractivity contribution in [3.63, 3.8) is 0 Å². The van der Waals surface area contributed by atoms with Crippen LogP contribution in [0.3, 0.4) is 0 Å². The smallest absolute Gasteiger partial charge is 0.416 e. The summed E-state index contributed by atoms with van der Waals surface area (Å²) in [5.74, 6) is 0.392. The van der Waals surface area contributed by atoms with Crippen molar-refractivity contribution in [1.82, 2.24) is 0 Å². The molecule has 4 nitrogen and oxygen atoms in total. The second kappa shape index (κ2) is 7.52. The van der Waals surface area contributed by atoms with Crippen LogP contribution < -0.4 is 9.46 Å². The van der Waals surface area contributed by atoms with E-state index in [2.05, 4.69) is 4.72 Å². The van der Waals surface area contributed by atoms with Gasteiger partial charge < -0.3 is 4.74 Å². The molecule has 0 spiro atoms. The highest BCUT2D eigenvalue weighted by molar-refractivity contribution is 7.92. The van der Waals surface area contributed by atoms with Gasteiger partial charge in [-0.25, -0.2) is 8.42 Å². The standard InChI is InChI=1S/C21H15ClF3NO3S/c22-16-10-14-8-9-30(27,28)26-20(14)19(12-16)13-4-6-17(7-5-13)29-18-3-1-2-15(11-18)21(23,24)25/h1-7,10-12,26H,8-9H2. The fourth-order valence-electron chi connectivity index (χ4n) is 3.23. The zero-order valence-corrected chi connectivity index (χ0v) is 16.9. The SMILES string of the molecule is O=S1(=O)CCc2cc(Cl)cc(-c3ccc(Oc4cccc(C(F)(F)F)c4)cc3)c2N1. The Hall–Kier alpha value is -2.71. The Morgan fingerprint density at radius 1 is 0.967 bits per heavy atom. The molecule has 30 heavy (non-hydrogen) atoms. The first-order valence-electron chi connectivity index (χ1n) is 8.89. The average molecular weight is 454 g/mol. The molecule has 0 aromatic heterocycles. The molecule has 0 saturated heterocycles. The Balaban J connectivity index is 1.63. The Labute approximate surface area is 176 Å². The van der Waals surface area contributed by atoms with Gasteiger partial charge in [-0.05, 0) is 60.0 Å². The summed E-state index contributed by atoms with van der Waals surface area (Å²) in [6.07, 6.45) is -4.10. The van der Waals surface area contributed by atoms with E-state index in [1.54, 1.807) is 36.4 Å². The molecule has 1 aliphatic heterocycles. The number of nitrogens with one attached hydrogen (secondary N) is 1. The third-order valence-electron chi connectivity index (χ3n) is 4.64. The van der Waals surface area contributed by atoms with Crippen LogP contribution in [0.1, 0.15) is 11.1 Å². The van der Waals surface area contributed by atoms with Gasteiger partial charge in [0.15, 0.2) is 0 Å². The Bertz CT molecular complexity index is 1210. The number of ether oxygens (including phenoxy) is 1. The maximum atomic E-state index is 12.9. The van der Waals surface area contributed by atoms with Gasteiger partial charge in [0.2, 0.25) is 10.0 Å². The number of hydrogen-bond donors (Lipinski definition) is 1. The lowest BCUT2D eigenvalue weighted by Gasteiger charge is -2.22. The first-order valence-corrected chi connectivity index (χ1v) is 10.9. The summed E-state index contributed by atoms with van der Waals surface area (Å²) in [5.41, 5.74) is 1.80. The quantitative estimate of drug-likeness (QED) is 0.520. The van der Waals surface area contributed by atoms with Crippen molar-refractivity contribution >= 4 is 27.3 Å². The molecule has 0 saturated carbocycles. The van der Waals surface area contributed by atoms with Gasteiger partial charge in [-0.3, -0.25) is 4.72 Å². The zero-order valence-electron chi connectivity index (χ0n) is 15.3. The zero-order chi connectivity index (χ0) is 21.5. The minimum atomic E-state index is -4.46. The molecule has 156 valence electrons. The number of halogens is 4. The molecule has 0 atom stereocenters. The largest absolute Gasteiger partial charge is 0.457 e. The number of benzene rings is 3. The number of sulfonamides is 1. The van der Waals surface area contributed by atoms with E-state index < -0.39 is 21.8 Å². The van der Waals surface area contributed by atoms with Gasteiger partial charge in [-0.2, -0.15) is 13.2 Å². The lowest BCUT2D eigenvalue weighted by molar-refractivity contribution is -0.137. The van der Waals surface area contributed by atoms with Crippen LogP contribution in [0, 0.1) is 0 Å². The van der Waals surface area contributed by atoms with Crippen molar-refractivity contribution in [3.05, 3.63) is 76.8 Å². The normalized spacial score (nSPS) is 15.2. The molecule has 1 aliphatic rings. The third-order valence-corrected chi connectivity index (χ3v) is 6.12. The summed E-state index contributed by atoms with van der Waals surface area (Å²) in [6.45, 7) is 0. The molecular weight excluding hydrogens is 439 g/mol. The molecule has 3 aromatic carbocycles. The van der Waals surface area contributed by atoms with Crippen LogP contribution in [0.2, 0.25) is 5.02 Å². The molecular formula is C21H15ClF3NO3S. The van der Waals surface area contributed by atoms with E-state index in [-0.39, 0.29) is 11.5 Å². The van der Waals surface area contributed by atoms with Crippen LogP contribution in [0.4, 0.5) is 18.9 Å². The van der Waals surface area contributed by atoms with Crippen LogP contribution in [-0.4, -0.2) is 14.2 Å². The minimum absolute atomic E-state index is 0.0104. The highest BCUT2D eigenvalue weighted by Gasteiger charge is 2.30. The molecule has 4 rings (SSSR count). The monoisotopic (exact) mass is 453 g/mol. The van der Waals surface area contributed by atoms with Crippen molar-refractivity contribution in [3.8, 4) is 22.6 Å². The van der Waals surface area contributed by atoms with Crippen molar-refractivity contribution < 1.29 is 26.3 Å². The Kier molecular flexibility index (Phi) is 5.15. The fourth-order valence-corrected chi connectivity index (χ4v) is 4.62. The van der Waals surface area contributed by atoms with Crippen molar-refractivity contribution in [1.29, 1.82) is 0 Å². The second-order valence-corrected chi connectivity index (χ2v) is 9.09. The van der Waals surface area contributed by atoms with Gasteiger partial charge in [0.25, 0.3) is 0 Å². The molecule has 0 unspecified atom stereocenters. The van der Waals surface area contributed by atoms with Crippen molar-refractivity contribution in [2.24, 2.45) is 0 Å². The Morgan fingerprint density at radius 3 is 2.40 bits per heavy atom. The van der Waals surface area contributed by atoms with Crippen LogP contribution >= 0.6 is 11.6 Å². The summed E-state index contributed by atoms with van der Waals surface area (Å²) in [7, 11) is -3.41. The van der Waals surface area contributed by atoms with E-state index in [1.165, 1.54) is 12.1 Å². The molecule has 0 fully saturated rings. The van der Waals surface area contributed by atoms with Gasteiger partial charge in [-0.15, -0.1) is 0 Å². The van der Waals surface area contributed by atoms with Crippen LogP contribution in [-0.2, 0) is 22.6 Å². The van der Waals surface area contributed by atoms with Gasteiger partial charge in [0.05, 0.1) is 17.0 Å². The fraction of sp³-hybridized carbons (Fsp3) is 0.143. The topological polar surface area (TPSA) is 55.4 Å². The molecule has 0 amide bonds. The average Bonchev–Trinajstić information content (AvgIpc) is 2.68. The highest BCUT2D eigenvalue weighted by Crippen LogP contribution is 2.38. The van der Waals surface area contributed by atoms with Crippen LogP contribution in [0.5, 0.6) is 11.5 Å². The first-order chi connectivity index (χ1) is 14.1. The van der Waals surface area contributed by atoms with Crippen LogP contribution in [0.15, 0.2) is 60.7 Å².